The standard InChI is InChI=1S/C19H15F4N3O/c20-18-13(2-1-3-14(18)19(21,22)23)11-8-16-15(24-9-11)6-7-26(16)10-17(27)25-12-4-5-12/h1-3,6-9,12H,4-5,10H2,(H,25,27). The highest BCUT2D eigenvalue weighted by Gasteiger charge is 2.35. The first-order chi connectivity index (χ1) is 12.8. The fraction of sp³-hybridized carbons (Fsp3) is 0.263. The van der Waals surface area contributed by atoms with Crippen LogP contribution in [0.3, 0.4) is 0 Å². The highest BCUT2D eigenvalue weighted by molar-refractivity contribution is 5.84. The van der Waals surface area contributed by atoms with Crippen molar-refractivity contribution in [2.45, 2.75) is 31.6 Å². The molecule has 1 N–H and O–H groups in total. The molecule has 1 fully saturated rings. The molecule has 2 heterocycles. The Kier molecular flexibility index (Phi) is 4.13. The maximum absolute atomic E-state index is 14.4. The zero-order valence-electron chi connectivity index (χ0n) is 14.1. The molecule has 0 aliphatic heterocycles. The summed E-state index contributed by atoms with van der Waals surface area (Å²) < 4.78 is 55.0. The minimum absolute atomic E-state index is 0.0657. The van der Waals surface area contributed by atoms with Gasteiger partial charge in [-0.05, 0) is 31.0 Å². The van der Waals surface area contributed by atoms with Crippen molar-refractivity contribution >= 4 is 16.9 Å². The van der Waals surface area contributed by atoms with Gasteiger partial charge in [0.1, 0.15) is 12.4 Å². The van der Waals surface area contributed by atoms with Crippen molar-refractivity contribution in [1.82, 2.24) is 14.9 Å². The topological polar surface area (TPSA) is 46.9 Å². The summed E-state index contributed by atoms with van der Waals surface area (Å²) in [5.41, 5.74) is -0.164. The molecule has 8 heteroatoms. The second-order valence-corrected chi connectivity index (χ2v) is 6.58. The van der Waals surface area contributed by atoms with Crippen LogP contribution in [0.15, 0.2) is 42.7 Å². The zero-order chi connectivity index (χ0) is 19.2. The number of nitrogens with zero attached hydrogens (tertiary/aromatic N) is 2. The van der Waals surface area contributed by atoms with E-state index in [2.05, 4.69) is 10.3 Å². The molecule has 27 heavy (non-hydrogen) atoms. The van der Waals surface area contributed by atoms with E-state index < -0.39 is 17.6 Å². The highest BCUT2D eigenvalue weighted by Crippen LogP contribution is 2.35. The number of alkyl halides is 3. The maximum Gasteiger partial charge on any atom is 0.419 e. The van der Waals surface area contributed by atoms with Gasteiger partial charge < -0.3 is 9.88 Å². The van der Waals surface area contributed by atoms with Crippen LogP contribution >= 0.6 is 0 Å². The molecule has 0 radical (unpaired) electrons. The fourth-order valence-corrected chi connectivity index (χ4v) is 2.98. The number of halogens is 4. The third kappa shape index (κ3) is 3.51. The Morgan fingerprint density at radius 2 is 2.04 bits per heavy atom. The van der Waals surface area contributed by atoms with Gasteiger partial charge in [-0.25, -0.2) is 4.39 Å². The summed E-state index contributed by atoms with van der Waals surface area (Å²) in [6.07, 6.45) is 0.169. The number of aromatic nitrogens is 2. The summed E-state index contributed by atoms with van der Waals surface area (Å²) in [5.74, 6) is -1.48. The number of amides is 1. The molecule has 1 saturated carbocycles. The van der Waals surface area contributed by atoms with Gasteiger partial charge in [-0.15, -0.1) is 0 Å². The van der Waals surface area contributed by atoms with Gasteiger partial charge in [-0.2, -0.15) is 13.2 Å². The van der Waals surface area contributed by atoms with E-state index in [9.17, 15) is 22.4 Å². The van der Waals surface area contributed by atoms with Gasteiger partial charge in [-0.3, -0.25) is 9.78 Å². The number of carbonyl (C=O) groups excluding carboxylic acids is 1. The monoisotopic (exact) mass is 377 g/mol. The van der Waals surface area contributed by atoms with Crippen LogP contribution < -0.4 is 5.32 Å². The Balaban J connectivity index is 1.71. The van der Waals surface area contributed by atoms with Crippen molar-refractivity contribution in [1.29, 1.82) is 0 Å². The minimum atomic E-state index is -4.78. The molecule has 4 rings (SSSR count). The fourth-order valence-electron chi connectivity index (χ4n) is 2.98. The third-order valence-electron chi connectivity index (χ3n) is 4.49. The predicted octanol–water partition coefficient (Wildman–Crippen LogP) is 4.14. The lowest BCUT2D eigenvalue weighted by molar-refractivity contribution is -0.139. The van der Waals surface area contributed by atoms with Gasteiger partial charge >= 0.3 is 6.18 Å². The van der Waals surface area contributed by atoms with E-state index in [4.69, 9.17) is 0 Å². The Bertz CT molecular complexity index is 1020. The molecule has 0 spiro atoms. The number of benzene rings is 1. The van der Waals surface area contributed by atoms with Crippen LogP contribution in [-0.4, -0.2) is 21.5 Å². The van der Waals surface area contributed by atoms with Crippen molar-refractivity contribution in [2.75, 3.05) is 0 Å². The average Bonchev–Trinajstić information content (AvgIpc) is 3.33. The van der Waals surface area contributed by atoms with E-state index in [0.29, 0.717) is 17.1 Å². The molecule has 3 aromatic rings. The van der Waals surface area contributed by atoms with Crippen molar-refractivity contribution in [3.63, 3.8) is 0 Å². The van der Waals surface area contributed by atoms with E-state index >= 15 is 0 Å². The first-order valence-electron chi connectivity index (χ1n) is 8.43. The van der Waals surface area contributed by atoms with Crippen LogP contribution in [0.2, 0.25) is 0 Å². The Morgan fingerprint density at radius 1 is 1.26 bits per heavy atom. The normalized spacial score (nSPS) is 14.5. The van der Waals surface area contributed by atoms with Gasteiger partial charge in [-0.1, -0.05) is 12.1 Å². The zero-order valence-corrected chi connectivity index (χ0v) is 14.1. The Hall–Kier alpha value is -2.90. The highest BCUT2D eigenvalue weighted by atomic mass is 19.4. The molecule has 2 aromatic heterocycles. The van der Waals surface area contributed by atoms with Crippen molar-refractivity contribution in [3.05, 3.63) is 54.1 Å². The van der Waals surface area contributed by atoms with Crippen molar-refractivity contribution < 1.29 is 22.4 Å². The first-order valence-corrected chi connectivity index (χ1v) is 8.43. The number of nitrogens with one attached hydrogen (secondary N) is 1. The molecule has 1 aliphatic rings. The molecule has 140 valence electrons. The van der Waals surface area contributed by atoms with Crippen LogP contribution in [0.25, 0.3) is 22.2 Å². The molecule has 4 nitrogen and oxygen atoms in total. The van der Waals surface area contributed by atoms with Crippen LogP contribution in [0.5, 0.6) is 0 Å². The van der Waals surface area contributed by atoms with E-state index in [1.54, 1.807) is 22.9 Å². The van der Waals surface area contributed by atoms with E-state index in [-0.39, 0.29) is 29.6 Å². The summed E-state index contributed by atoms with van der Waals surface area (Å²) in [6, 6.07) is 6.62. The summed E-state index contributed by atoms with van der Waals surface area (Å²) in [4.78, 5) is 16.2. The van der Waals surface area contributed by atoms with Crippen LogP contribution in [0.1, 0.15) is 18.4 Å². The molecule has 0 atom stereocenters. The maximum atomic E-state index is 14.4. The minimum Gasteiger partial charge on any atom is -0.352 e. The lowest BCUT2D eigenvalue weighted by Gasteiger charge is -2.12. The number of hydrogen-bond donors (Lipinski definition) is 1. The lowest BCUT2D eigenvalue weighted by Crippen LogP contribution is -2.29. The second kappa shape index (κ2) is 6.37. The Labute approximate surface area is 151 Å². The van der Waals surface area contributed by atoms with E-state index in [1.807, 2.05) is 0 Å². The summed E-state index contributed by atoms with van der Waals surface area (Å²) >= 11 is 0. The van der Waals surface area contributed by atoms with Gasteiger partial charge in [0.15, 0.2) is 0 Å². The molecular formula is C19H15F4N3O. The SMILES string of the molecule is O=C(Cn1ccc2ncc(-c3cccc(C(F)(F)F)c3F)cc21)NC1CC1. The van der Waals surface area contributed by atoms with Crippen molar-refractivity contribution in [2.24, 2.45) is 0 Å². The molecule has 1 aromatic carbocycles. The van der Waals surface area contributed by atoms with Crippen molar-refractivity contribution in [3.8, 4) is 11.1 Å². The Morgan fingerprint density at radius 3 is 2.74 bits per heavy atom. The van der Waals surface area contributed by atoms with Crippen LogP contribution in [0, 0.1) is 5.82 Å². The number of carbonyl (C=O) groups is 1. The summed E-state index contributed by atoms with van der Waals surface area (Å²) in [6.45, 7) is 0.0657. The second-order valence-electron chi connectivity index (χ2n) is 6.58. The first kappa shape index (κ1) is 17.5. The summed E-state index contributed by atoms with van der Waals surface area (Å²) in [7, 11) is 0. The largest absolute Gasteiger partial charge is 0.419 e. The van der Waals surface area contributed by atoms with Crippen LogP contribution in [0.4, 0.5) is 17.6 Å². The van der Waals surface area contributed by atoms with E-state index in [0.717, 1.165) is 18.9 Å². The van der Waals surface area contributed by atoms with Gasteiger partial charge in [0.2, 0.25) is 5.91 Å². The number of rotatable bonds is 4. The van der Waals surface area contributed by atoms with Gasteiger partial charge in [0.05, 0.1) is 16.6 Å². The number of hydrogen-bond acceptors (Lipinski definition) is 2. The average molecular weight is 377 g/mol. The number of pyridine rings is 1. The molecule has 1 aliphatic carbocycles. The molecule has 0 bridgehead atoms. The molecule has 1 amide bonds. The van der Waals surface area contributed by atoms with Gasteiger partial charge in [0.25, 0.3) is 0 Å². The predicted molar refractivity (Wildman–Crippen MR) is 91.3 cm³/mol. The third-order valence-corrected chi connectivity index (χ3v) is 4.49. The van der Waals surface area contributed by atoms with Gasteiger partial charge in [0, 0.05) is 29.6 Å². The lowest BCUT2D eigenvalue weighted by atomic mass is 10.0. The quantitative estimate of drug-likeness (QED) is 0.695. The summed E-state index contributed by atoms with van der Waals surface area (Å²) in [5, 5.41) is 2.87. The molecule has 0 unspecified atom stereocenters. The molecular weight excluding hydrogens is 362 g/mol. The van der Waals surface area contributed by atoms with E-state index in [1.165, 1.54) is 12.3 Å². The molecule has 0 saturated heterocycles. The smallest absolute Gasteiger partial charge is 0.352 e. The van der Waals surface area contributed by atoms with Crippen LogP contribution in [-0.2, 0) is 17.5 Å². The number of fused-ring (bicyclic) bond motifs is 1.